The van der Waals surface area contributed by atoms with Crippen molar-refractivity contribution in [1.82, 2.24) is 15.1 Å². The molecule has 1 aliphatic heterocycles. The number of aryl methyl sites for hydroxylation is 1. The summed E-state index contributed by atoms with van der Waals surface area (Å²) < 4.78 is 13.3. The van der Waals surface area contributed by atoms with Crippen LogP contribution in [0.25, 0.3) is 11.1 Å². The Balaban J connectivity index is 1.49. The lowest BCUT2D eigenvalue weighted by Crippen LogP contribution is -2.31. The van der Waals surface area contributed by atoms with Gasteiger partial charge in [-0.25, -0.2) is 4.39 Å². The SMILES string of the molecule is O=C(CCc1ccc(Cl)cc1)N1CCCC1c1[nH]ncc1-c1ccc(F)cc1. The topological polar surface area (TPSA) is 49.0 Å². The second-order valence-corrected chi connectivity index (χ2v) is 7.51. The molecule has 4 nitrogen and oxygen atoms in total. The van der Waals surface area contributed by atoms with Crippen LogP contribution in [0.15, 0.2) is 54.7 Å². The molecular formula is C22H21ClFN3O. The first-order valence-electron chi connectivity index (χ1n) is 9.45. The standard InChI is InChI=1S/C22H21ClFN3O/c23-17-8-3-15(4-9-17)5-12-21(28)27-13-1-2-20(27)22-19(14-25-26-22)16-6-10-18(24)11-7-16/h3-4,6-11,14,20H,1-2,5,12-13H2,(H,25,26). The summed E-state index contributed by atoms with van der Waals surface area (Å²) in [7, 11) is 0. The van der Waals surface area contributed by atoms with Crippen LogP contribution in [0, 0.1) is 5.82 Å². The van der Waals surface area contributed by atoms with Crippen LogP contribution >= 0.6 is 11.6 Å². The molecule has 1 atom stereocenters. The smallest absolute Gasteiger partial charge is 0.223 e. The zero-order chi connectivity index (χ0) is 19.5. The number of nitrogens with zero attached hydrogens (tertiary/aromatic N) is 2. The summed E-state index contributed by atoms with van der Waals surface area (Å²) in [6.45, 7) is 0.742. The predicted molar refractivity (Wildman–Crippen MR) is 107 cm³/mol. The number of rotatable bonds is 5. The van der Waals surface area contributed by atoms with Gasteiger partial charge in [0.2, 0.25) is 5.91 Å². The monoisotopic (exact) mass is 397 g/mol. The van der Waals surface area contributed by atoms with E-state index >= 15 is 0 Å². The van der Waals surface area contributed by atoms with Gasteiger partial charge in [-0.15, -0.1) is 0 Å². The van der Waals surface area contributed by atoms with E-state index in [1.165, 1.54) is 12.1 Å². The largest absolute Gasteiger partial charge is 0.334 e. The Kier molecular flexibility index (Phi) is 5.44. The summed E-state index contributed by atoms with van der Waals surface area (Å²) in [6.07, 6.45) is 4.74. The average Bonchev–Trinajstić information content (AvgIpc) is 3.37. The molecule has 1 aromatic heterocycles. The van der Waals surface area contributed by atoms with E-state index in [1.54, 1.807) is 18.3 Å². The molecule has 1 unspecified atom stereocenters. The number of hydrogen-bond donors (Lipinski definition) is 1. The Morgan fingerprint density at radius 2 is 1.93 bits per heavy atom. The third-order valence-electron chi connectivity index (χ3n) is 5.27. The molecule has 1 N–H and O–H groups in total. The van der Waals surface area contributed by atoms with Crippen molar-refractivity contribution in [1.29, 1.82) is 0 Å². The van der Waals surface area contributed by atoms with Crippen molar-refractivity contribution < 1.29 is 9.18 Å². The Bertz CT molecular complexity index is 953. The van der Waals surface area contributed by atoms with E-state index in [0.29, 0.717) is 17.9 Å². The van der Waals surface area contributed by atoms with Gasteiger partial charge in [0.25, 0.3) is 0 Å². The first-order chi connectivity index (χ1) is 13.6. The zero-order valence-electron chi connectivity index (χ0n) is 15.4. The van der Waals surface area contributed by atoms with Crippen molar-refractivity contribution in [3.8, 4) is 11.1 Å². The minimum Gasteiger partial charge on any atom is -0.334 e. The number of benzene rings is 2. The molecule has 144 valence electrons. The third-order valence-corrected chi connectivity index (χ3v) is 5.52. The van der Waals surface area contributed by atoms with Crippen LogP contribution in [0.2, 0.25) is 5.02 Å². The molecule has 0 aliphatic carbocycles. The van der Waals surface area contributed by atoms with Crippen LogP contribution in [0.4, 0.5) is 4.39 Å². The lowest BCUT2D eigenvalue weighted by atomic mass is 10.0. The summed E-state index contributed by atoms with van der Waals surface area (Å²) >= 11 is 5.92. The number of carbonyl (C=O) groups is 1. The zero-order valence-corrected chi connectivity index (χ0v) is 16.1. The molecule has 3 aromatic rings. The van der Waals surface area contributed by atoms with E-state index < -0.39 is 0 Å². The number of aromatic amines is 1. The number of hydrogen-bond acceptors (Lipinski definition) is 2. The van der Waals surface area contributed by atoms with Gasteiger partial charge >= 0.3 is 0 Å². The molecule has 0 saturated carbocycles. The summed E-state index contributed by atoms with van der Waals surface area (Å²) in [5.74, 6) is -0.134. The first kappa shape index (κ1) is 18.7. The van der Waals surface area contributed by atoms with Crippen molar-refractivity contribution in [2.75, 3.05) is 6.54 Å². The highest BCUT2D eigenvalue weighted by Gasteiger charge is 2.32. The van der Waals surface area contributed by atoms with Gasteiger partial charge in [-0.2, -0.15) is 5.10 Å². The van der Waals surface area contributed by atoms with Crippen molar-refractivity contribution in [3.63, 3.8) is 0 Å². The predicted octanol–water partition coefficient (Wildman–Crippen LogP) is 5.17. The van der Waals surface area contributed by atoms with Gasteiger partial charge in [0.15, 0.2) is 0 Å². The molecule has 0 radical (unpaired) electrons. The van der Waals surface area contributed by atoms with Gasteiger partial charge in [0.1, 0.15) is 5.82 Å². The molecule has 1 fully saturated rings. The van der Waals surface area contributed by atoms with Gasteiger partial charge < -0.3 is 4.90 Å². The molecule has 1 amide bonds. The molecule has 0 bridgehead atoms. The maximum atomic E-state index is 13.3. The van der Waals surface area contributed by atoms with Crippen LogP contribution in [0.3, 0.4) is 0 Å². The van der Waals surface area contributed by atoms with E-state index in [9.17, 15) is 9.18 Å². The average molecular weight is 398 g/mol. The van der Waals surface area contributed by atoms with E-state index in [2.05, 4.69) is 10.2 Å². The number of amides is 1. The summed E-state index contributed by atoms with van der Waals surface area (Å²) in [5, 5.41) is 7.96. The fourth-order valence-electron chi connectivity index (χ4n) is 3.82. The van der Waals surface area contributed by atoms with Crippen LogP contribution in [0.1, 0.15) is 36.6 Å². The van der Waals surface area contributed by atoms with Crippen LogP contribution in [-0.2, 0) is 11.2 Å². The summed E-state index contributed by atoms with van der Waals surface area (Å²) in [5.41, 5.74) is 3.83. The van der Waals surface area contributed by atoms with Gasteiger partial charge in [0, 0.05) is 23.6 Å². The lowest BCUT2D eigenvalue weighted by Gasteiger charge is -2.25. The first-order valence-corrected chi connectivity index (χ1v) is 9.83. The Hall–Kier alpha value is -2.66. The fraction of sp³-hybridized carbons (Fsp3) is 0.273. The van der Waals surface area contributed by atoms with Crippen LogP contribution in [0.5, 0.6) is 0 Å². The van der Waals surface area contributed by atoms with E-state index in [1.807, 2.05) is 29.2 Å². The highest BCUT2D eigenvalue weighted by atomic mass is 35.5. The molecule has 1 aliphatic rings. The highest BCUT2D eigenvalue weighted by Crippen LogP contribution is 2.36. The molecule has 28 heavy (non-hydrogen) atoms. The van der Waals surface area contributed by atoms with Gasteiger partial charge in [-0.05, 0) is 54.7 Å². The molecule has 0 spiro atoms. The lowest BCUT2D eigenvalue weighted by molar-refractivity contribution is -0.132. The number of aromatic nitrogens is 2. The van der Waals surface area contributed by atoms with Crippen molar-refractivity contribution in [2.45, 2.75) is 31.7 Å². The number of nitrogens with one attached hydrogen (secondary N) is 1. The minimum atomic E-state index is -0.270. The molecule has 1 saturated heterocycles. The van der Waals surface area contributed by atoms with Crippen LogP contribution in [-0.4, -0.2) is 27.5 Å². The van der Waals surface area contributed by atoms with Crippen molar-refractivity contribution in [3.05, 3.63) is 76.8 Å². The molecule has 2 aromatic carbocycles. The van der Waals surface area contributed by atoms with Crippen molar-refractivity contribution in [2.24, 2.45) is 0 Å². The maximum Gasteiger partial charge on any atom is 0.223 e. The molecular weight excluding hydrogens is 377 g/mol. The van der Waals surface area contributed by atoms with E-state index in [4.69, 9.17) is 11.6 Å². The van der Waals surface area contributed by atoms with Crippen LogP contribution < -0.4 is 0 Å². The Labute approximate surface area is 168 Å². The number of H-pyrrole nitrogens is 1. The highest BCUT2D eigenvalue weighted by molar-refractivity contribution is 6.30. The number of likely N-dealkylation sites (tertiary alicyclic amines) is 1. The maximum absolute atomic E-state index is 13.3. The van der Waals surface area contributed by atoms with Gasteiger partial charge in [-0.3, -0.25) is 9.89 Å². The summed E-state index contributed by atoms with van der Waals surface area (Å²) in [4.78, 5) is 14.8. The number of halogens is 2. The quantitative estimate of drug-likeness (QED) is 0.646. The van der Waals surface area contributed by atoms with Crippen molar-refractivity contribution >= 4 is 17.5 Å². The minimum absolute atomic E-state index is 0.0275. The molecule has 2 heterocycles. The third kappa shape index (κ3) is 3.94. The fourth-order valence-corrected chi connectivity index (χ4v) is 3.95. The number of carbonyl (C=O) groups excluding carboxylic acids is 1. The summed E-state index contributed by atoms with van der Waals surface area (Å²) in [6, 6.07) is 13.9. The van der Waals surface area contributed by atoms with E-state index in [0.717, 1.165) is 41.8 Å². The molecule has 6 heteroatoms. The Morgan fingerprint density at radius 1 is 1.18 bits per heavy atom. The second-order valence-electron chi connectivity index (χ2n) is 7.08. The Morgan fingerprint density at radius 3 is 2.68 bits per heavy atom. The van der Waals surface area contributed by atoms with Gasteiger partial charge in [-0.1, -0.05) is 35.9 Å². The molecule has 4 rings (SSSR count). The van der Waals surface area contributed by atoms with E-state index in [-0.39, 0.29) is 17.8 Å². The van der Waals surface area contributed by atoms with Gasteiger partial charge in [0.05, 0.1) is 17.9 Å². The normalized spacial score (nSPS) is 16.5. The second kappa shape index (κ2) is 8.15.